The van der Waals surface area contributed by atoms with Gasteiger partial charge >= 0.3 is 11.9 Å². The maximum absolute atomic E-state index is 12.8. The van der Waals surface area contributed by atoms with Gasteiger partial charge in [0.15, 0.2) is 12.4 Å². The minimum atomic E-state index is -4.60. The summed E-state index contributed by atoms with van der Waals surface area (Å²) in [7, 11) is -4.60. The Hall–Kier alpha value is -1.61. The summed E-state index contributed by atoms with van der Waals surface area (Å²) in [6.45, 7) is 3.75. The topological polar surface area (TPSA) is 186 Å². The summed E-state index contributed by atoms with van der Waals surface area (Å²) in [6.07, 6.45) is 26.8. The maximum Gasteiger partial charge on any atom is 0.306 e. The van der Waals surface area contributed by atoms with Crippen molar-refractivity contribution in [3.05, 3.63) is 12.2 Å². The van der Waals surface area contributed by atoms with Gasteiger partial charge in [0.2, 0.25) is 0 Å². The molecule has 0 amide bonds. The minimum absolute atomic E-state index is 0.158. The Morgan fingerprint density at radius 3 is 1.46 bits per heavy atom. The predicted octanol–water partition coefficient (Wildman–Crippen LogP) is 9.06. The van der Waals surface area contributed by atoms with E-state index in [0.29, 0.717) is 12.8 Å². The largest absolute Gasteiger partial charge is 0.462 e. The average molecular weight is 835 g/mol. The summed E-state index contributed by atoms with van der Waals surface area (Å²) in [4.78, 5) is 25.4. The fraction of sp³-hybridized carbons (Fsp3) is 0.909. The second kappa shape index (κ2) is 35.2. The van der Waals surface area contributed by atoms with Crippen LogP contribution >= 0.6 is 0 Å². The molecular weight excluding hydrogens is 753 g/mol. The lowest BCUT2D eigenvalue weighted by Gasteiger charge is -2.40. The van der Waals surface area contributed by atoms with E-state index in [2.05, 4.69) is 26.0 Å². The third kappa shape index (κ3) is 30.1. The first-order chi connectivity index (χ1) is 27.5. The summed E-state index contributed by atoms with van der Waals surface area (Å²) in [5.41, 5.74) is 0. The van der Waals surface area contributed by atoms with Gasteiger partial charge in [0.25, 0.3) is 10.1 Å². The number of allylic oxidation sites excluding steroid dienone is 2. The van der Waals surface area contributed by atoms with Crippen molar-refractivity contribution in [2.24, 2.45) is 0 Å². The zero-order valence-electron chi connectivity index (χ0n) is 35.7. The molecule has 0 aliphatic carbocycles. The fourth-order valence-corrected chi connectivity index (χ4v) is 7.72. The van der Waals surface area contributed by atoms with Crippen LogP contribution in [-0.2, 0) is 38.7 Å². The van der Waals surface area contributed by atoms with E-state index in [1.54, 1.807) is 0 Å². The second-order valence-electron chi connectivity index (χ2n) is 16.1. The molecule has 1 rings (SSSR count). The summed E-state index contributed by atoms with van der Waals surface area (Å²) in [6, 6.07) is 0. The van der Waals surface area contributed by atoms with Crippen molar-refractivity contribution in [3.8, 4) is 0 Å². The molecule has 13 heteroatoms. The van der Waals surface area contributed by atoms with Crippen molar-refractivity contribution in [2.45, 2.75) is 237 Å². The molecule has 0 aromatic carbocycles. The van der Waals surface area contributed by atoms with Gasteiger partial charge in [-0.2, -0.15) is 8.42 Å². The number of hydrogen-bond donors (Lipinski definition) is 4. The van der Waals surface area contributed by atoms with Crippen LogP contribution in [0.3, 0.4) is 0 Å². The normalized spacial score (nSPS) is 20.6. The summed E-state index contributed by atoms with van der Waals surface area (Å²) >= 11 is 0. The third-order valence-corrected chi connectivity index (χ3v) is 11.3. The molecular formula is C44H82O12S. The molecule has 1 heterocycles. The minimum Gasteiger partial charge on any atom is -0.462 e. The van der Waals surface area contributed by atoms with Gasteiger partial charge < -0.3 is 34.3 Å². The highest BCUT2D eigenvalue weighted by molar-refractivity contribution is 7.85. The molecule has 6 unspecified atom stereocenters. The van der Waals surface area contributed by atoms with Gasteiger partial charge in [-0.3, -0.25) is 14.1 Å². The molecule has 1 aliphatic rings. The first-order valence-electron chi connectivity index (χ1n) is 22.7. The molecule has 0 aromatic rings. The lowest BCUT2D eigenvalue weighted by atomic mass is 10.00. The van der Waals surface area contributed by atoms with Crippen molar-refractivity contribution < 1.29 is 56.8 Å². The SMILES string of the molecule is CCCCCCC/C=C\CCCCCCCC(=O)OC(COC(=O)CCCCCCCCCCCCCCCCC)COC1OC(CS(=O)(=O)O)C(O)C(O)C1O. The quantitative estimate of drug-likeness (QED) is 0.0200. The highest BCUT2D eigenvalue weighted by Gasteiger charge is 2.46. The van der Waals surface area contributed by atoms with Gasteiger partial charge in [-0.25, -0.2) is 0 Å². The van der Waals surface area contributed by atoms with E-state index in [1.807, 2.05) is 0 Å². The zero-order valence-corrected chi connectivity index (χ0v) is 36.5. The Morgan fingerprint density at radius 1 is 0.579 bits per heavy atom. The smallest absolute Gasteiger partial charge is 0.306 e. The number of aliphatic hydroxyl groups is 3. The predicted molar refractivity (Wildman–Crippen MR) is 224 cm³/mol. The Labute approximate surface area is 346 Å². The molecule has 4 N–H and O–H groups in total. The summed E-state index contributed by atoms with van der Waals surface area (Å²) in [5.74, 6) is -1.98. The van der Waals surface area contributed by atoms with Crippen LogP contribution in [0.15, 0.2) is 12.2 Å². The first kappa shape index (κ1) is 53.4. The molecule has 1 saturated heterocycles. The molecule has 57 heavy (non-hydrogen) atoms. The number of aliphatic hydroxyl groups excluding tert-OH is 3. The zero-order chi connectivity index (χ0) is 42.0. The highest BCUT2D eigenvalue weighted by Crippen LogP contribution is 2.24. The molecule has 1 aliphatic heterocycles. The number of carbonyl (C=O) groups is 2. The van der Waals surface area contributed by atoms with Gasteiger partial charge in [0.05, 0.1) is 6.61 Å². The van der Waals surface area contributed by atoms with E-state index in [0.717, 1.165) is 57.8 Å². The molecule has 0 saturated carbocycles. The molecule has 1 fully saturated rings. The molecule has 0 aromatic heterocycles. The van der Waals surface area contributed by atoms with E-state index >= 15 is 0 Å². The van der Waals surface area contributed by atoms with Crippen LogP contribution in [0.1, 0.15) is 200 Å². The molecule has 0 spiro atoms. The van der Waals surface area contributed by atoms with Crippen LogP contribution < -0.4 is 0 Å². The van der Waals surface area contributed by atoms with E-state index in [4.69, 9.17) is 18.9 Å². The van der Waals surface area contributed by atoms with Crippen LogP contribution in [0.25, 0.3) is 0 Å². The maximum atomic E-state index is 12.8. The van der Waals surface area contributed by atoms with Crippen molar-refractivity contribution in [1.29, 1.82) is 0 Å². The van der Waals surface area contributed by atoms with E-state index in [1.165, 1.54) is 103 Å². The van der Waals surface area contributed by atoms with Crippen LogP contribution in [0, 0.1) is 0 Å². The average Bonchev–Trinajstić information content (AvgIpc) is 3.17. The van der Waals surface area contributed by atoms with Crippen molar-refractivity contribution in [1.82, 2.24) is 0 Å². The number of hydrogen-bond acceptors (Lipinski definition) is 11. The van der Waals surface area contributed by atoms with E-state index < -0.39 is 71.2 Å². The number of esters is 2. The van der Waals surface area contributed by atoms with Crippen molar-refractivity contribution in [3.63, 3.8) is 0 Å². The Kier molecular flexibility index (Phi) is 33.0. The number of unbranched alkanes of at least 4 members (excludes halogenated alkanes) is 24. The van der Waals surface area contributed by atoms with Gasteiger partial charge in [-0.1, -0.05) is 161 Å². The van der Waals surface area contributed by atoms with Crippen molar-refractivity contribution in [2.75, 3.05) is 19.0 Å². The van der Waals surface area contributed by atoms with Crippen LogP contribution in [0.5, 0.6) is 0 Å². The standard InChI is InChI=1S/C44H82O12S/c1-3-5-7-9-11-13-15-17-19-21-22-24-26-28-30-32-39(45)53-34-37(35-54-44-43(49)42(48)41(47)38(56-44)36-57(50,51)52)55-40(46)33-31-29-27-25-23-20-18-16-14-12-10-8-6-4-2/h16,18,37-38,41-44,47-49H,3-15,17,19-36H2,1-2H3,(H,50,51,52)/b18-16-. The van der Waals surface area contributed by atoms with Gasteiger partial charge in [0.1, 0.15) is 36.8 Å². The Bertz CT molecular complexity index is 1120. The van der Waals surface area contributed by atoms with Crippen molar-refractivity contribution >= 4 is 22.1 Å². The third-order valence-electron chi connectivity index (χ3n) is 10.6. The number of carbonyl (C=O) groups excluding carboxylic acids is 2. The fourth-order valence-electron chi connectivity index (χ4n) is 7.02. The molecule has 6 atom stereocenters. The summed E-state index contributed by atoms with van der Waals surface area (Å²) < 4.78 is 54.0. The first-order valence-corrected chi connectivity index (χ1v) is 24.4. The molecule has 12 nitrogen and oxygen atoms in total. The number of ether oxygens (including phenoxy) is 4. The van der Waals surface area contributed by atoms with Crippen LogP contribution in [0.4, 0.5) is 0 Å². The lowest BCUT2D eigenvalue weighted by Crippen LogP contribution is -2.60. The van der Waals surface area contributed by atoms with E-state index in [9.17, 15) is 37.9 Å². The molecule has 336 valence electrons. The highest BCUT2D eigenvalue weighted by atomic mass is 32.2. The van der Waals surface area contributed by atoms with Gasteiger partial charge in [0, 0.05) is 12.8 Å². The Morgan fingerprint density at radius 2 is 1.00 bits per heavy atom. The van der Waals surface area contributed by atoms with Gasteiger partial charge in [-0.05, 0) is 38.5 Å². The monoisotopic (exact) mass is 835 g/mol. The molecule has 0 radical (unpaired) electrons. The van der Waals surface area contributed by atoms with Crippen LogP contribution in [-0.4, -0.2) is 96.0 Å². The Balaban J connectivity index is 2.44. The second-order valence-corrected chi connectivity index (χ2v) is 17.6. The van der Waals surface area contributed by atoms with E-state index in [-0.39, 0.29) is 19.4 Å². The van der Waals surface area contributed by atoms with Crippen LogP contribution in [0.2, 0.25) is 0 Å². The summed E-state index contributed by atoms with van der Waals surface area (Å²) in [5, 5.41) is 30.9. The lowest BCUT2D eigenvalue weighted by molar-refractivity contribution is -0.297. The van der Waals surface area contributed by atoms with Gasteiger partial charge in [-0.15, -0.1) is 0 Å². The number of rotatable bonds is 38. The molecule has 0 bridgehead atoms.